The smallest absolute Gasteiger partial charge is 0.263 e. The second kappa shape index (κ2) is 6.90. The highest BCUT2D eigenvalue weighted by Crippen LogP contribution is 2.18. The maximum Gasteiger partial charge on any atom is 0.297 e. The van der Waals surface area contributed by atoms with Crippen LogP contribution in [0.3, 0.4) is 0 Å². The molecule has 0 radical (unpaired) electrons. The molecule has 0 saturated heterocycles. The molecule has 1 unspecified atom stereocenters. The van der Waals surface area contributed by atoms with Crippen molar-refractivity contribution in [1.29, 1.82) is 0 Å². The van der Waals surface area contributed by atoms with Crippen molar-refractivity contribution in [2.24, 2.45) is 0 Å². The van der Waals surface area contributed by atoms with Crippen molar-refractivity contribution < 1.29 is 12.6 Å². The Balaban J connectivity index is 2.88. The van der Waals surface area contributed by atoms with Gasteiger partial charge in [-0.2, -0.15) is 8.42 Å². The van der Waals surface area contributed by atoms with Crippen molar-refractivity contribution in [2.45, 2.75) is 57.5 Å². The number of hydrogen-bond acceptors (Lipinski definition) is 3. The van der Waals surface area contributed by atoms with E-state index >= 15 is 0 Å². The van der Waals surface area contributed by atoms with Gasteiger partial charge in [-0.1, -0.05) is 32.4 Å². The summed E-state index contributed by atoms with van der Waals surface area (Å²) in [6, 6.07) is 7.04. The van der Waals surface area contributed by atoms with E-state index in [1.165, 1.54) is 0 Å². The largest absolute Gasteiger partial charge is 0.297 e. The van der Waals surface area contributed by atoms with Gasteiger partial charge < -0.3 is 0 Å². The Morgan fingerprint density at radius 2 is 2.00 bits per heavy atom. The third-order valence-corrected chi connectivity index (χ3v) is 4.29. The average Bonchev–Trinajstić information content (AvgIpc) is 2.36. The van der Waals surface area contributed by atoms with Crippen LogP contribution in [0.5, 0.6) is 0 Å². The molecule has 0 fully saturated rings. The van der Waals surface area contributed by atoms with Crippen LogP contribution in [0, 0.1) is 0 Å². The molecule has 0 heterocycles. The molecule has 4 heteroatoms. The van der Waals surface area contributed by atoms with Gasteiger partial charge in [0.25, 0.3) is 10.1 Å². The van der Waals surface area contributed by atoms with Gasteiger partial charge in [0.2, 0.25) is 0 Å². The van der Waals surface area contributed by atoms with Crippen LogP contribution in [-0.4, -0.2) is 14.5 Å². The van der Waals surface area contributed by atoms with Gasteiger partial charge >= 0.3 is 0 Å². The van der Waals surface area contributed by atoms with Crippen molar-refractivity contribution in [3.8, 4) is 0 Å². The predicted molar refractivity (Wildman–Crippen MR) is 73.1 cm³/mol. The molecule has 0 saturated carbocycles. The van der Waals surface area contributed by atoms with Crippen LogP contribution in [0.2, 0.25) is 0 Å². The fraction of sp³-hybridized carbons (Fsp3) is 0.571. The van der Waals surface area contributed by atoms with E-state index in [2.05, 4.69) is 6.92 Å². The summed E-state index contributed by atoms with van der Waals surface area (Å²) in [4.78, 5) is 0.261. The Morgan fingerprint density at radius 3 is 2.61 bits per heavy atom. The standard InChI is InChI=1S/C14H22O3S/c1-4-6-8-13-9-7-10-14(11-13)18(15,16)17-12(3)5-2/h7,9-12H,4-6,8H2,1-3H3. The third kappa shape index (κ3) is 4.42. The minimum atomic E-state index is -3.62. The minimum Gasteiger partial charge on any atom is -0.263 e. The molecule has 0 N–H and O–H groups in total. The van der Waals surface area contributed by atoms with E-state index in [0.717, 1.165) is 24.8 Å². The van der Waals surface area contributed by atoms with Gasteiger partial charge in [-0.15, -0.1) is 0 Å². The van der Waals surface area contributed by atoms with Gasteiger partial charge in [-0.05, 0) is 43.9 Å². The summed E-state index contributed by atoms with van der Waals surface area (Å²) >= 11 is 0. The zero-order valence-electron chi connectivity index (χ0n) is 11.3. The fourth-order valence-corrected chi connectivity index (χ4v) is 2.80. The van der Waals surface area contributed by atoms with E-state index in [0.29, 0.717) is 6.42 Å². The Labute approximate surface area is 110 Å². The maximum absolute atomic E-state index is 12.0. The van der Waals surface area contributed by atoms with Gasteiger partial charge in [-0.25, -0.2) is 0 Å². The Bertz CT molecular complexity index is 466. The van der Waals surface area contributed by atoms with E-state index in [-0.39, 0.29) is 11.0 Å². The molecule has 0 aromatic heterocycles. The SMILES string of the molecule is CCCCc1cccc(S(=O)(=O)OC(C)CC)c1. The first-order chi connectivity index (χ1) is 8.49. The lowest BCUT2D eigenvalue weighted by molar-refractivity contribution is 0.224. The van der Waals surface area contributed by atoms with Gasteiger partial charge in [-0.3, -0.25) is 4.18 Å². The van der Waals surface area contributed by atoms with Crippen LogP contribution in [-0.2, 0) is 20.7 Å². The second-order valence-electron chi connectivity index (χ2n) is 4.52. The highest BCUT2D eigenvalue weighted by molar-refractivity contribution is 7.86. The van der Waals surface area contributed by atoms with Gasteiger partial charge in [0.05, 0.1) is 11.0 Å². The van der Waals surface area contributed by atoms with E-state index in [1.807, 2.05) is 13.0 Å². The van der Waals surface area contributed by atoms with E-state index in [9.17, 15) is 8.42 Å². The van der Waals surface area contributed by atoms with Crippen LogP contribution >= 0.6 is 0 Å². The summed E-state index contributed by atoms with van der Waals surface area (Å²) in [5.41, 5.74) is 1.05. The van der Waals surface area contributed by atoms with E-state index < -0.39 is 10.1 Å². The number of hydrogen-bond donors (Lipinski definition) is 0. The fourth-order valence-electron chi connectivity index (χ4n) is 1.58. The quantitative estimate of drug-likeness (QED) is 0.712. The first kappa shape index (κ1) is 15.2. The monoisotopic (exact) mass is 270 g/mol. The van der Waals surface area contributed by atoms with Gasteiger partial charge in [0.1, 0.15) is 0 Å². The topological polar surface area (TPSA) is 43.4 Å². The van der Waals surface area contributed by atoms with E-state index in [1.54, 1.807) is 25.1 Å². The molecule has 18 heavy (non-hydrogen) atoms. The number of benzene rings is 1. The highest BCUT2D eigenvalue weighted by Gasteiger charge is 2.18. The Kier molecular flexibility index (Phi) is 5.82. The molecule has 3 nitrogen and oxygen atoms in total. The van der Waals surface area contributed by atoms with Crippen LogP contribution in [0.15, 0.2) is 29.2 Å². The van der Waals surface area contributed by atoms with Gasteiger partial charge in [0.15, 0.2) is 0 Å². The first-order valence-corrected chi connectivity index (χ1v) is 7.92. The lowest BCUT2D eigenvalue weighted by atomic mass is 10.1. The summed E-state index contributed by atoms with van der Waals surface area (Å²) in [5, 5.41) is 0. The molecule has 0 spiro atoms. The van der Waals surface area contributed by atoms with E-state index in [4.69, 9.17) is 4.18 Å². The summed E-state index contributed by atoms with van der Waals surface area (Å²) in [7, 11) is -3.62. The van der Waals surface area contributed by atoms with Crippen molar-refractivity contribution in [3.63, 3.8) is 0 Å². The summed E-state index contributed by atoms with van der Waals surface area (Å²) in [6.07, 6.45) is 3.46. The molecule has 0 aliphatic rings. The average molecular weight is 270 g/mol. The lowest BCUT2D eigenvalue weighted by Gasteiger charge is -2.11. The molecule has 1 atom stereocenters. The molecule has 0 amide bonds. The Hall–Kier alpha value is -0.870. The Morgan fingerprint density at radius 1 is 1.28 bits per heavy atom. The molecule has 1 rings (SSSR count). The maximum atomic E-state index is 12.0. The normalized spacial score (nSPS) is 13.5. The molecule has 0 aliphatic carbocycles. The number of rotatable bonds is 7. The zero-order valence-corrected chi connectivity index (χ0v) is 12.2. The second-order valence-corrected chi connectivity index (χ2v) is 6.09. The summed E-state index contributed by atoms with van der Waals surface area (Å²) < 4.78 is 29.1. The number of aryl methyl sites for hydroxylation is 1. The minimum absolute atomic E-state index is 0.261. The number of unbranched alkanes of at least 4 members (excludes halogenated alkanes) is 1. The molecule has 1 aromatic carbocycles. The predicted octanol–water partition coefficient (Wildman–Crippen LogP) is 3.53. The van der Waals surface area contributed by atoms with Gasteiger partial charge in [0, 0.05) is 0 Å². The van der Waals surface area contributed by atoms with Crippen molar-refractivity contribution in [2.75, 3.05) is 0 Å². The summed E-state index contributed by atoms with van der Waals surface area (Å²) in [6.45, 7) is 5.78. The molecule has 1 aromatic rings. The molecule has 102 valence electrons. The molecular formula is C14H22O3S. The zero-order chi connectivity index (χ0) is 13.6. The third-order valence-electron chi connectivity index (χ3n) is 2.87. The van der Waals surface area contributed by atoms with Crippen molar-refractivity contribution in [3.05, 3.63) is 29.8 Å². The van der Waals surface area contributed by atoms with Crippen molar-refractivity contribution in [1.82, 2.24) is 0 Å². The highest BCUT2D eigenvalue weighted by atomic mass is 32.2. The van der Waals surface area contributed by atoms with Crippen molar-refractivity contribution >= 4 is 10.1 Å². The summed E-state index contributed by atoms with van der Waals surface area (Å²) in [5.74, 6) is 0. The molecular weight excluding hydrogens is 248 g/mol. The van der Waals surface area contributed by atoms with Crippen LogP contribution in [0.25, 0.3) is 0 Å². The van der Waals surface area contributed by atoms with Crippen LogP contribution in [0.1, 0.15) is 45.6 Å². The van der Waals surface area contributed by atoms with Crippen LogP contribution < -0.4 is 0 Å². The molecule has 0 aliphatic heterocycles. The molecule has 0 bridgehead atoms. The first-order valence-electron chi connectivity index (χ1n) is 6.51. The lowest BCUT2D eigenvalue weighted by Crippen LogP contribution is -2.14. The van der Waals surface area contributed by atoms with Crippen LogP contribution in [0.4, 0.5) is 0 Å².